The lowest BCUT2D eigenvalue weighted by Gasteiger charge is -2.11. The van der Waals surface area contributed by atoms with E-state index in [-0.39, 0.29) is 5.91 Å². The van der Waals surface area contributed by atoms with Crippen LogP contribution in [0.1, 0.15) is 29.3 Å². The van der Waals surface area contributed by atoms with Crippen LogP contribution in [0.2, 0.25) is 5.02 Å². The number of aromatic nitrogens is 1. The van der Waals surface area contributed by atoms with Gasteiger partial charge in [-0.2, -0.15) is 0 Å². The highest BCUT2D eigenvalue weighted by Gasteiger charge is 2.10. The summed E-state index contributed by atoms with van der Waals surface area (Å²) in [7, 11) is 0. The molecule has 1 amide bonds. The van der Waals surface area contributed by atoms with E-state index in [0.29, 0.717) is 17.1 Å². The molecule has 21 heavy (non-hydrogen) atoms. The van der Waals surface area contributed by atoms with E-state index in [0.717, 1.165) is 24.2 Å². The Kier molecular flexibility index (Phi) is 5.58. The van der Waals surface area contributed by atoms with Crippen LogP contribution in [0.15, 0.2) is 42.7 Å². The zero-order valence-electron chi connectivity index (χ0n) is 11.9. The van der Waals surface area contributed by atoms with Crippen LogP contribution in [0.3, 0.4) is 0 Å². The summed E-state index contributed by atoms with van der Waals surface area (Å²) in [5, 5.41) is 6.77. The van der Waals surface area contributed by atoms with Gasteiger partial charge in [0, 0.05) is 30.5 Å². The monoisotopic (exact) mass is 303 g/mol. The number of nitrogens with zero attached hydrogens (tertiary/aromatic N) is 1. The number of pyridine rings is 1. The molecule has 1 aromatic carbocycles. The third kappa shape index (κ3) is 4.46. The molecule has 0 aliphatic heterocycles. The summed E-state index contributed by atoms with van der Waals surface area (Å²) < 4.78 is 0. The molecule has 0 radical (unpaired) electrons. The average Bonchev–Trinajstić information content (AvgIpc) is 2.51. The van der Waals surface area contributed by atoms with Gasteiger partial charge in [0.2, 0.25) is 0 Å². The Morgan fingerprint density at radius 1 is 1.33 bits per heavy atom. The molecule has 0 saturated carbocycles. The van der Waals surface area contributed by atoms with Crippen LogP contribution in [0.5, 0.6) is 0 Å². The lowest BCUT2D eigenvalue weighted by molar-refractivity contribution is 0.0951. The number of carbonyl (C=O) groups is 1. The van der Waals surface area contributed by atoms with Crippen molar-refractivity contribution in [1.29, 1.82) is 0 Å². The van der Waals surface area contributed by atoms with Gasteiger partial charge >= 0.3 is 0 Å². The Bertz CT molecular complexity index is 616. The molecule has 1 aromatic heterocycles. The molecule has 110 valence electrons. The summed E-state index contributed by atoms with van der Waals surface area (Å²) >= 11 is 5.93. The molecule has 1 heterocycles. The molecule has 2 rings (SSSR count). The van der Waals surface area contributed by atoms with Crippen LogP contribution in [-0.2, 0) is 6.54 Å². The van der Waals surface area contributed by atoms with Gasteiger partial charge in [-0.25, -0.2) is 0 Å². The molecular weight excluding hydrogens is 286 g/mol. The molecule has 0 aliphatic rings. The van der Waals surface area contributed by atoms with Gasteiger partial charge in [-0.3, -0.25) is 9.78 Å². The van der Waals surface area contributed by atoms with Gasteiger partial charge in [0.05, 0.1) is 11.3 Å². The quantitative estimate of drug-likeness (QED) is 0.859. The van der Waals surface area contributed by atoms with Gasteiger partial charge < -0.3 is 10.6 Å². The Labute approximate surface area is 129 Å². The summed E-state index contributed by atoms with van der Waals surface area (Å²) in [6.45, 7) is 3.33. The highest BCUT2D eigenvalue weighted by molar-refractivity contribution is 6.30. The Morgan fingerprint density at radius 3 is 2.95 bits per heavy atom. The van der Waals surface area contributed by atoms with Crippen molar-refractivity contribution >= 4 is 23.2 Å². The summed E-state index contributed by atoms with van der Waals surface area (Å²) in [5.41, 5.74) is 2.31. The topological polar surface area (TPSA) is 54.0 Å². The first kappa shape index (κ1) is 15.3. The van der Waals surface area contributed by atoms with E-state index < -0.39 is 0 Å². The maximum Gasteiger partial charge on any atom is 0.255 e. The summed E-state index contributed by atoms with van der Waals surface area (Å²) in [6.07, 6.45) is 4.24. The molecule has 0 spiro atoms. The third-order valence-electron chi connectivity index (χ3n) is 2.97. The molecule has 0 atom stereocenters. The largest absolute Gasteiger partial charge is 0.384 e. The van der Waals surface area contributed by atoms with Gasteiger partial charge in [-0.1, -0.05) is 30.7 Å². The summed E-state index contributed by atoms with van der Waals surface area (Å²) in [6, 6.07) is 9.24. The van der Waals surface area contributed by atoms with Crippen LogP contribution in [0.4, 0.5) is 5.69 Å². The minimum absolute atomic E-state index is 0.151. The highest BCUT2D eigenvalue weighted by Crippen LogP contribution is 2.14. The lowest BCUT2D eigenvalue weighted by Crippen LogP contribution is -2.24. The first-order chi connectivity index (χ1) is 10.2. The maximum atomic E-state index is 12.3. The van der Waals surface area contributed by atoms with E-state index >= 15 is 0 Å². The van der Waals surface area contributed by atoms with Crippen molar-refractivity contribution in [2.75, 3.05) is 11.9 Å². The van der Waals surface area contributed by atoms with Crippen molar-refractivity contribution in [2.45, 2.75) is 19.9 Å². The van der Waals surface area contributed by atoms with E-state index in [9.17, 15) is 4.79 Å². The Hall–Kier alpha value is -2.07. The normalized spacial score (nSPS) is 10.2. The van der Waals surface area contributed by atoms with Gasteiger partial charge in [0.25, 0.3) is 5.91 Å². The van der Waals surface area contributed by atoms with Crippen molar-refractivity contribution in [3.05, 3.63) is 58.9 Å². The molecule has 0 bridgehead atoms. The fourth-order valence-electron chi connectivity index (χ4n) is 1.91. The van der Waals surface area contributed by atoms with E-state index in [2.05, 4.69) is 22.5 Å². The van der Waals surface area contributed by atoms with Crippen molar-refractivity contribution in [2.24, 2.45) is 0 Å². The zero-order chi connectivity index (χ0) is 15.1. The second-order valence-corrected chi connectivity index (χ2v) is 5.10. The fourth-order valence-corrected chi connectivity index (χ4v) is 2.13. The predicted octanol–water partition coefficient (Wildman–Crippen LogP) is 3.49. The molecule has 4 nitrogen and oxygen atoms in total. The van der Waals surface area contributed by atoms with E-state index in [1.807, 2.05) is 24.3 Å². The Balaban J connectivity index is 2.03. The van der Waals surface area contributed by atoms with Gasteiger partial charge in [0.1, 0.15) is 0 Å². The standard InChI is InChI=1S/C16H18ClN3O/c1-2-7-19-15-6-8-18-11-14(15)16(21)20-10-12-4-3-5-13(17)9-12/h3-6,8-9,11H,2,7,10H2,1H3,(H,18,19)(H,20,21). The molecule has 2 aromatic rings. The van der Waals surface area contributed by atoms with Crippen LogP contribution in [-0.4, -0.2) is 17.4 Å². The number of hydrogen-bond donors (Lipinski definition) is 2. The number of carbonyl (C=O) groups excluding carboxylic acids is 1. The number of rotatable bonds is 6. The van der Waals surface area contributed by atoms with Crippen LogP contribution in [0.25, 0.3) is 0 Å². The molecule has 0 saturated heterocycles. The highest BCUT2D eigenvalue weighted by atomic mass is 35.5. The number of amides is 1. The molecule has 5 heteroatoms. The van der Waals surface area contributed by atoms with Crippen molar-refractivity contribution in [3.63, 3.8) is 0 Å². The summed E-state index contributed by atoms with van der Waals surface area (Å²) in [4.78, 5) is 16.3. The smallest absolute Gasteiger partial charge is 0.255 e. The molecule has 0 unspecified atom stereocenters. The second kappa shape index (κ2) is 7.64. The SMILES string of the molecule is CCCNc1ccncc1C(=O)NCc1cccc(Cl)c1. The second-order valence-electron chi connectivity index (χ2n) is 4.66. The van der Waals surface area contributed by atoms with Crippen LogP contribution >= 0.6 is 11.6 Å². The van der Waals surface area contributed by atoms with Gasteiger partial charge in [-0.05, 0) is 30.2 Å². The van der Waals surface area contributed by atoms with Gasteiger partial charge in [0.15, 0.2) is 0 Å². The average molecular weight is 304 g/mol. The van der Waals surface area contributed by atoms with Crippen LogP contribution in [0, 0.1) is 0 Å². The first-order valence-electron chi connectivity index (χ1n) is 6.91. The fraction of sp³-hybridized carbons (Fsp3) is 0.250. The summed E-state index contributed by atoms with van der Waals surface area (Å²) in [5.74, 6) is -0.151. The lowest BCUT2D eigenvalue weighted by atomic mass is 10.2. The van der Waals surface area contributed by atoms with Crippen molar-refractivity contribution in [3.8, 4) is 0 Å². The van der Waals surface area contributed by atoms with Crippen molar-refractivity contribution in [1.82, 2.24) is 10.3 Å². The van der Waals surface area contributed by atoms with E-state index in [4.69, 9.17) is 11.6 Å². The number of hydrogen-bond acceptors (Lipinski definition) is 3. The molecular formula is C16H18ClN3O. The number of benzene rings is 1. The molecule has 2 N–H and O–H groups in total. The predicted molar refractivity (Wildman–Crippen MR) is 85.6 cm³/mol. The number of anilines is 1. The third-order valence-corrected chi connectivity index (χ3v) is 3.21. The molecule has 0 fully saturated rings. The van der Waals surface area contributed by atoms with Crippen LogP contribution < -0.4 is 10.6 Å². The first-order valence-corrected chi connectivity index (χ1v) is 7.29. The number of nitrogens with one attached hydrogen (secondary N) is 2. The number of halogens is 1. The molecule has 0 aliphatic carbocycles. The maximum absolute atomic E-state index is 12.3. The van der Waals surface area contributed by atoms with Crippen molar-refractivity contribution < 1.29 is 4.79 Å². The van der Waals surface area contributed by atoms with Gasteiger partial charge in [-0.15, -0.1) is 0 Å². The zero-order valence-corrected chi connectivity index (χ0v) is 12.7. The Morgan fingerprint density at radius 2 is 2.19 bits per heavy atom. The minimum atomic E-state index is -0.151. The van der Waals surface area contributed by atoms with E-state index in [1.54, 1.807) is 18.5 Å². The minimum Gasteiger partial charge on any atom is -0.384 e. The van der Waals surface area contributed by atoms with E-state index in [1.165, 1.54) is 0 Å².